The molecule has 1 fully saturated rings. The molecule has 1 saturated heterocycles. The number of hydrogen-bond donors (Lipinski definition) is 1. The van der Waals surface area contributed by atoms with Crippen molar-refractivity contribution in [1.29, 1.82) is 0 Å². The minimum atomic E-state index is -3.88. The predicted octanol–water partition coefficient (Wildman–Crippen LogP) is 2.99. The van der Waals surface area contributed by atoms with Crippen molar-refractivity contribution >= 4 is 21.7 Å². The third-order valence-corrected chi connectivity index (χ3v) is 6.48. The Balaban J connectivity index is 1.72. The first-order chi connectivity index (χ1) is 13.6. The van der Waals surface area contributed by atoms with Crippen molar-refractivity contribution in [3.05, 3.63) is 64.2 Å². The van der Waals surface area contributed by atoms with E-state index in [2.05, 4.69) is 0 Å². The minimum absolute atomic E-state index is 0.0774. The molecule has 2 N–H and O–H groups in total. The number of primary sulfonamides is 1. The van der Waals surface area contributed by atoms with E-state index < -0.39 is 10.0 Å². The SMILES string of the molecule is Cc1ccc(C(=O)C2CCN(C(=O)c3cc(S(N)(=O)=O)ccc3C)CC2)c(C)c1. The molecule has 0 aromatic heterocycles. The summed E-state index contributed by atoms with van der Waals surface area (Å²) in [4.78, 5) is 27.5. The van der Waals surface area contributed by atoms with Gasteiger partial charge in [-0.1, -0.05) is 29.8 Å². The molecule has 29 heavy (non-hydrogen) atoms. The van der Waals surface area contributed by atoms with Gasteiger partial charge in [0.1, 0.15) is 0 Å². The van der Waals surface area contributed by atoms with Crippen LogP contribution < -0.4 is 5.14 Å². The van der Waals surface area contributed by atoms with Crippen LogP contribution in [0.5, 0.6) is 0 Å². The Bertz CT molecular complexity index is 1070. The van der Waals surface area contributed by atoms with Gasteiger partial charge in [0.2, 0.25) is 10.0 Å². The predicted molar refractivity (Wildman–Crippen MR) is 111 cm³/mol. The number of likely N-dealkylation sites (tertiary alicyclic amines) is 1. The van der Waals surface area contributed by atoms with Crippen LogP contribution in [-0.4, -0.2) is 38.1 Å². The summed E-state index contributed by atoms with van der Waals surface area (Å²) >= 11 is 0. The zero-order valence-electron chi connectivity index (χ0n) is 16.9. The van der Waals surface area contributed by atoms with E-state index in [1.54, 1.807) is 17.9 Å². The van der Waals surface area contributed by atoms with Gasteiger partial charge in [0.05, 0.1) is 4.90 Å². The maximum Gasteiger partial charge on any atom is 0.254 e. The maximum atomic E-state index is 12.9. The topological polar surface area (TPSA) is 97.5 Å². The lowest BCUT2D eigenvalue weighted by atomic mass is 9.86. The molecule has 0 radical (unpaired) electrons. The van der Waals surface area contributed by atoms with Gasteiger partial charge < -0.3 is 4.90 Å². The van der Waals surface area contributed by atoms with Crippen LogP contribution in [-0.2, 0) is 10.0 Å². The van der Waals surface area contributed by atoms with E-state index in [9.17, 15) is 18.0 Å². The second kappa shape index (κ2) is 8.08. The number of carbonyl (C=O) groups excluding carboxylic acids is 2. The largest absolute Gasteiger partial charge is 0.339 e. The minimum Gasteiger partial charge on any atom is -0.339 e. The number of aryl methyl sites for hydroxylation is 3. The van der Waals surface area contributed by atoms with Crippen molar-refractivity contribution in [2.75, 3.05) is 13.1 Å². The van der Waals surface area contributed by atoms with Crippen molar-refractivity contribution in [3.8, 4) is 0 Å². The molecular weight excluding hydrogens is 388 g/mol. The summed E-state index contributed by atoms with van der Waals surface area (Å²) in [6.07, 6.45) is 1.18. The molecule has 1 aliphatic rings. The van der Waals surface area contributed by atoms with E-state index >= 15 is 0 Å². The lowest BCUT2D eigenvalue weighted by Crippen LogP contribution is -2.40. The van der Waals surface area contributed by atoms with E-state index in [0.717, 1.165) is 16.7 Å². The number of ketones is 1. The molecule has 1 amide bonds. The molecule has 154 valence electrons. The zero-order chi connectivity index (χ0) is 21.3. The van der Waals surface area contributed by atoms with Crippen LogP contribution >= 0.6 is 0 Å². The summed E-state index contributed by atoms with van der Waals surface area (Å²) in [6, 6.07) is 10.2. The van der Waals surface area contributed by atoms with Crippen LogP contribution in [0, 0.1) is 26.7 Å². The lowest BCUT2D eigenvalue weighted by Gasteiger charge is -2.32. The Morgan fingerprint density at radius 1 is 0.931 bits per heavy atom. The van der Waals surface area contributed by atoms with Crippen molar-refractivity contribution < 1.29 is 18.0 Å². The molecule has 1 aliphatic heterocycles. The molecule has 0 saturated carbocycles. The van der Waals surface area contributed by atoms with Crippen molar-refractivity contribution in [2.24, 2.45) is 11.1 Å². The van der Waals surface area contributed by atoms with Crippen molar-refractivity contribution in [1.82, 2.24) is 4.90 Å². The Morgan fingerprint density at radius 2 is 1.59 bits per heavy atom. The van der Waals surface area contributed by atoms with Crippen LogP contribution in [0.1, 0.15) is 50.2 Å². The van der Waals surface area contributed by atoms with Gasteiger partial charge in [-0.05, 0) is 56.9 Å². The summed E-state index contributed by atoms with van der Waals surface area (Å²) < 4.78 is 23.2. The third-order valence-electron chi connectivity index (χ3n) is 5.57. The number of Topliss-reactive ketones (excluding diaryl/α,β-unsaturated/α-hetero) is 1. The van der Waals surface area contributed by atoms with Gasteiger partial charge in [-0.15, -0.1) is 0 Å². The fraction of sp³-hybridized carbons (Fsp3) is 0.364. The van der Waals surface area contributed by atoms with Crippen molar-refractivity contribution in [3.63, 3.8) is 0 Å². The lowest BCUT2D eigenvalue weighted by molar-refractivity contribution is 0.0649. The van der Waals surface area contributed by atoms with Crippen LogP contribution in [0.15, 0.2) is 41.3 Å². The van der Waals surface area contributed by atoms with Gasteiger partial charge in [-0.2, -0.15) is 0 Å². The molecule has 2 aromatic rings. The molecule has 0 aliphatic carbocycles. The molecule has 6 nitrogen and oxygen atoms in total. The average molecular weight is 415 g/mol. The van der Waals surface area contributed by atoms with Gasteiger partial charge in [-0.25, -0.2) is 13.6 Å². The van der Waals surface area contributed by atoms with E-state index in [4.69, 9.17) is 5.14 Å². The summed E-state index contributed by atoms with van der Waals surface area (Å²) in [5.41, 5.74) is 3.86. The second-order valence-corrected chi connectivity index (χ2v) is 9.33. The molecule has 1 heterocycles. The second-order valence-electron chi connectivity index (χ2n) is 7.77. The number of carbonyl (C=O) groups is 2. The fourth-order valence-corrected chi connectivity index (χ4v) is 4.37. The molecule has 3 rings (SSSR count). The highest BCUT2D eigenvalue weighted by atomic mass is 32.2. The van der Waals surface area contributed by atoms with Crippen molar-refractivity contribution in [2.45, 2.75) is 38.5 Å². The zero-order valence-corrected chi connectivity index (χ0v) is 17.8. The molecule has 2 aromatic carbocycles. The van der Waals surface area contributed by atoms with E-state index in [1.165, 1.54) is 12.1 Å². The standard InChI is InChI=1S/C22H26N2O4S/c1-14-4-7-19(16(3)12-14)21(25)17-8-10-24(11-9-17)22(26)20-13-18(29(23,27)28)6-5-15(20)2/h4-7,12-13,17H,8-11H2,1-3H3,(H2,23,27,28). The highest BCUT2D eigenvalue weighted by molar-refractivity contribution is 7.89. The highest BCUT2D eigenvalue weighted by Crippen LogP contribution is 2.26. The fourth-order valence-electron chi connectivity index (χ4n) is 3.83. The van der Waals surface area contributed by atoms with E-state index in [-0.39, 0.29) is 22.5 Å². The van der Waals surface area contributed by atoms with Crippen LogP contribution in [0.4, 0.5) is 0 Å². The quantitative estimate of drug-likeness (QED) is 0.778. The number of piperidine rings is 1. The smallest absolute Gasteiger partial charge is 0.254 e. The first kappa shape index (κ1) is 21.2. The number of sulfonamides is 1. The number of amides is 1. The molecule has 0 atom stereocenters. The maximum absolute atomic E-state index is 12.9. The molecule has 0 bridgehead atoms. The monoisotopic (exact) mass is 414 g/mol. The highest BCUT2D eigenvalue weighted by Gasteiger charge is 2.29. The van der Waals surface area contributed by atoms with Gasteiger partial charge >= 0.3 is 0 Å². The third kappa shape index (κ3) is 4.57. The van der Waals surface area contributed by atoms with Gasteiger partial charge in [0, 0.05) is 30.1 Å². The molecular formula is C22H26N2O4S. The summed E-state index contributed by atoms with van der Waals surface area (Å²) in [6.45, 7) is 6.62. The van der Waals surface area contributed by atoms with Crippen LogP contribution in [0.2, 0.25) is 0 Å². The summed E-state index contributed by atoms with van der Waals surface area (Å²) in [7, 11) is -3.88. The number of benzene rings is 2. The summed E-state index contributed by atoms with van der Waals surface area (Å²) in [5.74, 6) is -0.218. The Hall–Kier alpha value is -2.51. The van der Waals surface area contributed by atoms with Crippen LogP contribution in [0.25, 0.3) is 0 Å². The number of hydrogen-bond acceptors (Lipinski definition) is 4. The normalized spacial score (nSPS) is 15.4. The van der Waals surface area contributed by atoms with Gasteiger partial charge in [-0.3, -0.25) is 9.59 Å². The average Bonchev–Trinajstić information content (AvgIpc) is 2.66. The van der Waals surface area contributed by atoms with E-state index in [1.807, 2.05) is 32.0 Å². The first-order valence-electron chi connectivity index (χ1n) is 9.62. The summed E-state index contributed by atoms with van der Waals surface area (Å²) in [5, 5.41) is 5.19. The first-order valence-corrected chi connectivity index (χ1v) is 11.2. The van der Waals surface area contributed by atoms with E-state index in [0.29, 0.717) is 37.1 Å². The molecule has 7 heteroatoms. The molecule has 0 spiro atoms. The van der Waals surface area contributed by atoms with Crippen LogP contribution in [0.3, 0.4) is 0 Å². The Labute approximate surface area is 171 Å². The van der Waals surface area contributed by atoms with Gasteiger partial charge in [0.15, 0.2) is 5.78 Å². The molecule has 0 unspecified atom stereocenters. The number of nitrogens with two attached hydrogens (primary N) is 1. The number of nitrogens with zero attached hydrogens (tertiary/aromatic N) is 1. The Morgan fingerprint density at radius 3 is 2.17 bits per heavy atom. The van der Waals surface area contributed by atoms with Gasteiger partial charge in [0.25, 0.3) is 5.91 Å². The Kier molecular flexibility index (Phi) is 5.91. The number of rotatable bonds is 4.